The van der Waals surface area contributed by atoms with Gasteiger partial charge in [0.15, 0.2) is 0 Å². The van der Waals surface area contributed by atoms with Crippen LogP contribution >= 0.6 is 0 Å². The normalized spacial score (nSPS) is 10.2. The van der Waals surface area contributed by atoms with Crippen molar-refractivity contribution >= 4 is 28.6 Å². The summed E-state index contributed by atoms with van der Waals surface area (Å²) in [6.07, 6.45) is -0.150. The third-order valence-electron chi connectivity index (χ3n) is 3.10. The number of carbonyl (C=O) groups excluding carboxylic acids is 2. The number of nitrogens with one attached hydrogen (secondary N) is 2. The summed E-state index contributed by atoms with van der Waals surface area (Å²) < 4.78 is 0. The van der Waals surface area contributed by atoms with E-state index in [1.165, 1.54) is 0 Å². The number of rotatable bonds is 6. The van der Waals surface area contributed by atoms with E-state index >= 15 is 0 Å². The molecule has 2 rings (SSSR count). The van der Waals surface area contributed by atoms with E-state index in [4.69, 9.17) is 5.11 Å². The maximum absolute atomic E-state index is 12.2. The number of hydrogen-bond donors (Lipinski definition) is 3. The van der Waals surface area contributed by atoms with Crippen molar-refractivity contribution in [1.82, 2.24) is 10.6 Å². The minimum Gasteiger partial charge on any atom is -0.481 e. The molecule has 2 amide bonds. The monoisotopic (exact) mass is 300 g/mol. The fourth-order valence-corrected chi connectivity index (χ4v) is 2.05. The van der Waals surface area contributed by atoms with E-state index in [0.717, 1.165) is 10.8 Å². The Bertz CT molecular complexity index is 707. The Labute approximate surface area is 127 Å². The van der Waals surface area contributed by atoms with Gasteiger partial charge in [0.25, 0.3) is 5.91 Å². The highest BCUT2D eigenvalue weighted by atomic mass is 16.4. The standard InChI is InChI=1S/C16H16N2O4/c19-14(17-9-8-15(20)21)10-18-16(22)13-7-3-5-11-4-1-2-6-12(11)13/h1-7H,8-10H2,(H,17,19)(H,18,22)(H,20,21). The van der Waals surface area contributed by atoms with Crippen LogP contribution in [0, 0.1) is 0 Å². The summed E-state index contributed by atoms with van der Waals surface area (Å²) in [5.41, 5.74) is 0.497. The maximum atomic E-state index is 12.2. The fourth-order valence-electron chi connectivity index (χ4n) is 2.05. The number of fused-ring (bicyclic) bond motifs is 1. The van der Waals surface area contributed by atoms with Crippen molar-refractivity contribution in [3.63, 3.8) is 0 Å². The topological polar surface area (TPSA) is 95.5 Å². The zero-order valence-corrected chi connectivity index (χ0v) is 11.8. The maximum Gasteiger partial charge on any atom is 0.305 e. The van der Waals surface area contributed by atoms with Gasteiger partial charge in [-0.2, -0.15) is 0 Å². The first-order valence-corrected chi connectivity index (χ1v) is 6.82. The van der Waals surface area contributed by atoms with E-state index < -0.39 is 11.9 Å². The lowest BCUT2D eigenvalue weighted by Gasteiger charge is -2.08. The summed E-state index contributed by atoms with van der Waals surface area (Å²) in [5, 5.41) is 15.2. The van der Waals surface area contributed by atoms with Crippen LogP contribution in [0.25, 0.3) is 10.8 Å². The molecule has 0 radical (unpaired) electrons. The average Bonchev–Trinajstić information content (AvgIpc) is 2.51. The second kappa shape index (κ2) is 7.21. The minimum absolute atomic E-state index is 0.0400. The molecule has 0 aromatic heterocycles. The van der Waals surface area contributed by atoms with Gasteiger partial charge in [-0.05, 0) is 16.8 Å². The Balaban J connectivity index is 1.94. The predicted molar refractivity (Wildman–Crippen MR) is 81.5 cm³/mol. The molecule has 0 bridgehead atoms. The zero-order chi connectivity index (χ0) is 15.9. The van der Waals surface area contributed by atoms with Crippen molar-refractivity contribution in [2.45, 2.75) is 6.42 Å². The molecule has 6 heteroatoms. The number of carboxylic acids is 1. The molecule has 0 fully saturated rings. The molecular formula is C16H16N2O4. The van der Waals surface area contributed by atoms with Crippen LogP contribution in [0.4, 0.5) is 0 Å². The highest BCUT2D eigenvalue weighted by Gasteiger charge is 2.11. The molecule has 0 atom stereocenters. The van der Waals surface area contributed by atoms with Gasteiger partial charge >= 0.3 is 5.97 Å². The summed E-state index contributed by atoms with van der Waals surface area (Å²) in [6.45, 7) is -0.153. The van der Waals surface area contributed by atoms with Crippen molar-refractivity contribution in [2.24, 2.45) is 0 Å². The summed E-state index contributed by atoms with van der Waals surface area (Å²) in [5.74, 6) is -1.75. The molecule has 3 N–H and O–H groups in total. The van der Waals surface area contributed by atoms with Crippen LogP contribution in [-0.4, -0.2) is 36.0 Å². The number of hydrogen-bond acceptors (Lipinski definition) is 3. The number of carboxylic acid groups (broad SMARTS) is 1. The molecule has 0 aliphatic heterocycles. The second-order valence-electron chi connectivity index (χ2n) is 4.70. The van der Waals surface area contributed by atoms with Gasteiger partial charge in [0, 0.05) is 12.1 Å². The van der Waals surface area contributed by atoms with E-state index in [1.54, 1.807) is 12.1 Å². The Kier molecular flexibility index (Phi) is 5.08. The molecule has 0 saturated carbocycles. The van der Waals surface area contributed by atoms with E-state index in [1.807, 2.05) is 30.3 Å². The van der Waals surface area contributed by atoms with Gasteiger partial charge in [0.1, 0.15) is 0 Å². The number of carbonyl (C=O) groups is 3. The largest absolute Gasteiger partial charge is 0.481 e. The van der Waals surface area contributed by atoms with Crippen molar-refractivity contribution in [3.05, 3.63) is 48.0 Å². The van der Waals surface area contributed by atoms with Crippen LogP contribution in [0.15, 0.2) is 42.5 Å². The van der Waals surface area contributed by atoms with Crippen LogP contribution in [0.1, 0.15) is 16.8 Å². The summed E-state index contributed by atoms with van der Waals surface area (Å²) in [4.78, 5) is 34.0. The molecule has 0 saturated heterocycles. The summed E-state index contributed by atoms with van der Waals surface area (Å²) >= 11 is 0. The van der Waals surface area contributed by atoms with Gasteiger partial charge in [-0.25, -0.2) is 0 Å². The first-order valence-electron chi connectivity index (χ1n) is 6.82. The van der Waals surface area contributed by atoms with Crippen LogP contribution < -0.4 is 10.6 Å². The lowest BCUT2D eigenvalue weighted by Crippen LogP contribution is -2.37. The van der Waals surface area contributed by atoms with Crippen LogP contribution in [0.2, 0.25) is 0 Å². The quantitative estimate of drug-likeness (QED) is 0.746. The number of benzene rings is 2. The van der Waals surface area contributed by atoms with Crippen molar-refractivity contribution < 1.29 is 19.5 Å². The predicted octanol–water partition coefficient (Wildman–Crippen LogP) is 1.16. The van der Waals surface area contributed by atoms with Crippen LogP contribution in [-0.2, 0) is 9.59 Å². The number of aliphatic carboxylic acids is 1. The van der Waals surface area contributed by atoms with Crippen molar-refractivity contribution in [2.75, 3.05) is 13.1 Å². The Morgan fingerprint density at radius 1 is 0.955 bits per heavy atom. The molecule has 0 spiro atoms. The summed E-state index contributed by atoms with van der Waals surface area (Å²) in [7, 11) is 0. The third kappa shape index (κ3) is 4.05. The van der Waals surface area contributed by atoms with E-state index in [9.17, 15) is 14.4 Å². The molecule has 6 nitrogen and oxygen atoms in total. The van der Waals surface area contributed by atoms with Gasteiger partial charge in [-0.15, -0.1) is 0 Å². The molecular weight excluding hydrogens is 284 g/mol. The lowest BCUT2D eigenvalue weighted by molar-refractivity contribution is -0.136. The molecule has 114 valence electrons. The third-order valence-corrected chi connectivity index (χ3v) is 3.10. The average molecular weight is 300 g/mol. The first-order chi connectivity index (χ1) is 10.6. The van der Waals surface area contributed by atoms with Gasteiger partial charge in [-0.1, -0.05) is 36.4 Å². The van der Waals surface area contributed by atoms with Crippen LogP contribution in [0.3, 0.4) is 0 Å². The molecule has 0 aliphatic rings. The fraction of sp³-hybridized carbons (Fsp3) is 0.188. The molecule has 0 aliphatic carbocycles. The summed E-state index contributed by atoms with van der Waals surface area (Å²) in [6, 6.07) is 12.9. The van der Waals surface area contributed by atoms with Gasteiger partial charge in [0.2, 0.25) is 5.91 Å². The van der Waals surface area contributed by atoms with Crippen molar-refractivity contribution in [3.8, 4) is 0 Å². The number of amides is 2. The Morgan fingerprint density at radius 3 is 2.45 bits per heavy atom. The van der Waals surface area contributed by atoms with Gasteiger partial charge in [-0.3, -0.25) is 14.4 Å². The smallest absolute Gasteiger partial charge is 0.305 e. The highest BCUT2D eigenvalue weighted by molar-refractivity contribution is 6.07. The second-order valence-corrected chi connectivity index (χ2v) is 4.70. The van der Waals surface area contributed by atoms with E-state index in [0.29, 0.717) is 5.56 Å². The minimum atomic E-state index is -0.986. The Morgan fingerprint density at radius 2 is 1.68 bits per heavy atom. The SMILES string of the molecule is O=C(O)CCNC(=O)CNC(=O)c1cccc2ccccc12. The molecule has 22 heavy (non-hydrogen) atoms. The van der Waals surface area contributed by atoms with E-state index in [-0.39, 0.29) is 25.4 Å². The van der Waals surface area contributed by atoms with Crippen LogP contribution in [0.5, 0.6) is 0 Å². The molecule has 0 unspecified atom stereocenters. The van der Waals surface area contributed by atoms with E-state index in [2.05, 4.69) is 10.6 Å². The lowest BCUT2D eigenvalue weighted by atomic mass is 10.0. The molecule has 2 aromatic carbocycles. The first kappa shape index (κ1) is 15.5. The highest BCUT2D eigenvalue weighted by Crippen LogP contribution is 2.18. The molecule has 0 heterocycles. The van der Waals surface area contributed by atoms with Gasteiger partial charge < -0.3 is 15.7 Å². The molecule has 2 aromatic rings. The Hall–Kier alpha value is -2.89. The van der Waals surface area contributed by atoms with Gasteiger partial charge in [0.05, 0.1) is 13.0 Å². The zero-order valence-electron chi connectivity index (χ0n) is 11.8. The van der Waals surface area contributed by atoms with Crippen molar-refractivity contribution in [1.29, 1.82) is 0 Å².